The standard InChI is InChI=1S/C7H10N4OS/c1-3-5(11-12)6-4-8-10-7(9-6)13-2/h4,12H,3H2,1-2H3/b11-5+. The maximum absolute atomic E-state index is 8.64. The summed E-state index contributed by atoms with van der Waals surface area (Å²) in [7, 11) is 0. The molecule has 0 fully saturated rings. The van der Waals surface area contributed by atoms with Crippen LogP contribution in [0.2, 0.25) is 0 Å². The first kappa shape index (κ1) is 9.91. The van der Waals surface area contributed by atoms with E-state index < -0.39 is 0 Å². The number of rotatable bonds is 3. The summed E-state index contributed by atoms with van der Waals surface area (Å²) in [5.74, 6) is 0. The van der Waals surface area contributed by atoms with Crippen LogP contribution in [0, 0.1) is 0 Å². The highest BCUT2D eigenvalue weighted by atomic mass is 32.2. The smallest absolute Gasteiger partial charge is 0.209 e. The van der Waals surface area contributed by atoms with Crippen LogP contribution in [0.15, 0.2) is 16.5 Å². The van der Waals surface area contributed by atoms with E-state index in [0.717, 1.165) is 0 Å². The number of aromatic nitrogens is 3. The summed E-state index contributed by atoms with van der Waals surface area (Å²) in [6.07, 6.45) is 3.96. The van der Waals surface area contributed by atoms with Gasteiger partial charge in [0.1, 0.15) is 11.4 Å². The molecule has 0 unspecified atom stereocenters. The second-order valence-corrected chi connectivity index (χ2v) is 3.00. The van der Waals surface area contributed by atoms with E-state index in [1.54, 1.807) is 0 Å². The molecule has 5 nitrogen and oxygen atoms in total. The molecule has 6 heteroatoms. The molecule has 0 amide bonds. The molecular formula is C7H10N4OS. The van der Waals surface area contributed by atoms with Crippen molar-refractivity contribution in [3.8, 4) is 0 Å². The summed E-state index contributed by atoms with van der Waals surface area (Å²) in [6.45, 7) is 1.88. The fraction of sp³-hybridized carbons (Fsp3) is 0.429. The van der Waals surface area contributed by atoms with Crippen LogP contribution < -0.4 is 0 Å². The minimum atomic E-state index is 0.519. The van der Waals surface area contributed by atoms with Crippen molar-refractivity contribution in [1.29, 1.82) is 0 Å². The molecule has 0 saturated carbocycles. The van der Waals surface area contributed by atoms with Gasteiger partial charge >= 0.3 is 0 Å². The third-order valence-corrected chi connectivity index (χ3v) is 2.01. The van der Waals surface area contributed by atoms with Crippen LogP contribution in [0.3, 0.4) is 0 Å². The number of thioether (sulfide) groups is 1. The molecule has 0 radical (unpaired) electrons. The summed E-state index contributed by atoms with van der Waals surface area (Å²) < 4.78 is 0. The Morgan fingerprint density at radius 3 is 3.00 bits per heavy atom. The zero-order valence-electron chi connectivity index (χ0n) is 7.43. The molecule has 1 N–H and O–H groups in total. The average Bonchev–Trinajstić information content (AvgIpc) is 2.20. The van der Waals surface area contributed by atoms with Gasteiger partial charge in [-0.3, -0.25) is 0 Å². The molecule has 0 saturated heterocycles. The molecule has 0 atom stereocenters. The maximum atomic E-state index is 8.64. The van der Waals surface area contributed by atoms with Crippen molar-refractivity contribution in [3.63, 3.8) is 0 Å². The SMILES string of the molecule is CC/C(=N\O)c1cnnc(SC)n1. The fourth-order valence-corrected chi connectivity index (χ4v) is 1.13. The Morgan fingerprint density at radius 2 is 2.46 bits per heavy atom. The third-order valence-electron chi connectivity index (χ3n) is 1.47. The molecule has 1 aromatic rings. The molecule has 70 valence electrons. The summed E-state index contributed by atoms with van der Waals surface area (Å²) in [5.41, 5.74) is 1.09. The lowest BCUT2D eigenvalue weighted by Gasteiger charge is -1.99. The van der Waals surface area contributed by atoms with Crippen LogP contribution in [0.25, 0.3) is 0 Å². The molecule has 1 aromatic heterocycles. The van der Waals surface area contributed by atoms with E-state index in [-0.39, 0.29) is 0 Å². The first-order valence-corrected chi connectivity index (χ1v) is 4.99. The molecule has 1 heterocycles. The highest BCUT2D eigenvalue weighted by molar-refractivity contribution is 7.98. The van der Waals surface area contributed by atoms with Crippen molar-refractivity contribution in [3.05, 3.63) is 11.9 Å². The first-order chi connectivity index (χ1) is 6.31. The Morgan fingerprint density at radius 1 is 1.69 bits per heavy atom. The molecule has 0 aromatic carbocycles. The zero-order valence-corrected chi connectivity index (χ0v) is 8.25. The van der Waals surface area contributed by atoms with E-state index >= 15 is 0 Å². The lowest BCUT2D eigenvalue weighted by atomic mass is 10.2. The summed E-state index contributed by atoms with van der Waals surface area (Å²) >= 11 is 1.40. The van der Waals surface area contributed by atoms with E-state index in [0.29, 0.717) is 23.0 Å². The second kappa shape index (κ2) is 4.76. The van der Waals surface area contributed by atoms with Gasteiger partial charge in [0.05, 0.1) is 6.20 Å². The van der Waals surface area contributed by atoms with E-state index in [4.69, 9.17) is 5.21 Å². The molecule has 13 heavy (non-hydrogen) atoms. The van der Waals surface area contributed by atoms with Gasteiger partial charge in [0.25, 0.3) is 0 Å². The second-order valence-electron chi connectivity index (χ2n) is 2.23. The van der Waals surface area contributed by atoms with E-state index in [9.17, 15) is 0 Å². The van der Waals surface area contributed by atoms with Crippen molar-refractivity contribution < 1.29 is 5.21 Å². The van der Waals surface area contributed by atoms with Gasteiger partial charge < -0.3 is 5.21 Å². The molecule has 1 rings (SSSR count). The molecule has 0 aliphatic carbocycles. The normalized spacial score (nSPS) is 11.7. The van der Waals surface area contributed by atoms with Crippen molar-refractivity contribution in [1.82, 2.24) is 15.2 Å². The lowest BCUT2D eigenvalue weighted by Crippen LogP contribution is -2.05. The number of oxime groups is 1. The number of hydrogen-bond acceptors (Lipinski definition) is 6. The maximum Gasteiger partial charge on any atom is 0.209 e. The van der Waals surface area contributed by atoms with Gasteiger partial charge in [-0.15, -0.1) is 5.10 Å². The Bertz CT molecular complexity index is 315. The monoisotopic (exact) mass is 198 g/mol. The average molecular weight is 198 g/mol. The zero-order chi connectivity index (χ0) is 9.68. The largest absolute Gasteiger partial charge is 0.411 e. The van der Waals surface area contributed by atoms with Gasteiger partial charge in [0, 0.05) is 0 Å². The summed E-state index contributed by atoms with van der Waals surface area (Å²) in [5, 5.41) is 19.9. The van der Waals surface area contributed by atoms with Crippen LogP contribution in [0.4, 0.5) is 0 Å². The summed E-state index contributed by atoms with van der Waals surface area (Å²) in [6, 6.07) is 0. The van der Waals surface area contributed by atoms with E-state index in [1.165, 1.54) is 18.0 Å². The topological polar surface area (TPSA) is 71.3 Å². The Kier molecular flexibility index (Phi) is 3.63. The van der Waals surface area contributed by atoms with Crippen molar-refractivity contribution in [2.75, 3.05) is 6.26 Å². The van der Waals surface area contributed by atoms with Crippen molar-refractivity contribution >= 4 is 17.5 Å². The highest BCUT2D eigenvalue weighted by Gasteiger charge is 2.05. The van der Waals surface area contributed by atoms with Crippen molar-refractivity contribution in [2.24, 2.45) is 5.16 Å². The van der Waals surface area contributed by atoms with Gasteiger partial charge in [-0.1, -0.05) is 23.8 Å². The third kappa shape index (κ3) is 2.38. The van der Waals surface area contributed by atoms with Crippen LogP contribution in [-0.4, -0.2) is 32.4 Å². The predicted molar refractivity (Wildman–Crippen MR) is 50.2 cm³/mol. The summed E-state index contributed by atoms with van der Waals surface area (Å²) in [4.78, 5) is 4.13. The first-order valence-electron chi connectivity index (χ1n) is 3.76. The Labute approximate surface area is 80.3 Å². The van der Waals surface area contributed by atoms with Gasteiger partial charge in [-0.2, -0.15) is 5.10 Å². The molecule has 0 spiro atoms. The molecule has 0 aliphatic rings. The number of nitrogens with zero attached hydrogens (tertiary/aromatic N) is 4. The predicted octanol–water partition coefficient (Wildman–Crippen LogP) is 1.18. The van der Waals surface area contributed by atoms with Gasteiger partial charge in [0.15, 0.2) is 0 Å². The van der Waals surface area contributed by atoms with Crippen LogP contribution >= 0.6 is 11.8 Å². The van der Waals surface area contributed by atoms with Crippen LogP contribution in [-0.2, 0) is 0 Å². The van der Waals surface area contributed by atoms with Gasteiger partial charge in [0.2, 0.25) is 5.16 Å². The number of hydrogen-bond donors (Lipinski definition) is 1. The fourth-order valence-electron chi connectivity index (χ4n) is 0.816. The van der Waals surface area contributed by atoms with E-state index in [2.05, 4.69) is 20.3 Å². The van der Waals surface area contributed by atoms with Crippen molar-refractivity contribution in [2.45, 2.75) is 18.5 Å². The highest BCUT2D eigenvalue weighted by Crippen LogP contribution is 2.07. The van der Waals surface area contributed by atoms with Crippen LogP contribution in [0.1, 0.15) is 19.0 Å². The van der Waals surface area contributed by atoms with Gasteiger partial charge in [-0.25, -0.2) is 4.98 Å². The molecular weight excluding hydrogens is 188 g/mol. The minimum absolute atomic E-state index is 0.519. The molecule has 0 bridgehead atoms. The van der Waals surface area contributed by atoms with Crippen LogP contribution in [0.5, 0.6) is 0 Å². The Balaban J connectivity index is 3.00. The Hall–Kier alpha value is -1.17. The quantitative estimate of drug-likeness (QED) is 0.342. The van der Waals surface area contributed by atoms with E-state index in [1.807, 2.05) is 13.2 Å². The molecule has 0 aliphatic heterocycles. The van der Waals surface area contributed by atoms with Gasteiger partial charge in [-0.05, 0) is 12.7 Å². The lowest BCUT2D eigenvalue weighted by molar-refractivity contribution is 0.318. The minimum Gasteiger partial charge on any atom is -0.411 e.